The van der Waals surface area contributed by atoms with E-state index < -0.39 is 23.7 Å². The molecule has 106 valence electrons. The molecule has 1 aromatic carbocycles. The van der Waals surface area contributed by atoms with Crippen LogP contribution in [0.1, 0.15) is 37.0 Å². The van der Waals surface area contributed by atoms with Crippen molar-refractivity contribution in [1.29, 1.82) is 0 Å². The van der Waals surface area contributed by atoms with Gasteiger partial charge in [0.25, 0.3) is 5.92 Å². The van der Waals surface area contributed by atoms with Gasteiger partial charge < -0.3 is 5.11 Å². The first-order valence-electron chi connectivity index (χ1n) is 5.86. The standard InChI is InChI=1S/C14H17BrF2O2/c1-8-6-11(15)9(2)5-10(8)14(16,17)7-13(3,4)12(18)19/h5-6H,7H2,1-4H3,(H,18,19). The molecule has 0 aliphatic rings. The maximum Gasteiger partial charge on any atom is 0.309 e. The van der Waals surface area contributed by atoms with Crippen LogP contribution in [-0.2, 0) is 10.7 Å². The van der Waals surface area contributed by atoms with E-state index in [0.717, 1.165) is 4.47 Å². The van der Waals surface area contributed by atoms with Crippen molar-refractivity contribution >= 4 is 21.9 Å². The SMILES string of the molecule is Cc1cc(C(F)(F)CC(C)(C)C(=O)O)c(C)cc1Br. The molecule has 0 aliphatic heterocycles. The highest BCUT2D eigenvalue weighted by Crippen LogP contribution is 2.42. The van der Waals surface area contributed by atoms with Crippen molar-refractivity contribution in [3.63, 3.8) is 0 Å². The minimum absolute atomic E-state index is 0.109. The van der Waals surface area contributed by atoms with E-state index in [-0.39, 0.29) is 5.56 Å². The Balaban J connectivity index is 3.21. The van der Waals surface area contributed by atoms with Gasteiger partial charge in [-0.15, -0.1) is 0 Å². The van der Waals surface area contributed by atoms with Crippen LogP contribution in [0.4, 0.5) is 8.78 Å². The van der Waals surface area contributed by atoms with Gasteiger partial charge in [0.05, 0.1) is 5.41 Å². The molecular formula is C14H17BrF2O2. The number of carboxylic acid groups (broad SMARTS) is 1. The highest BCUT2D eigenvalue weighted by atomic mass is 79.9. The fraction of sp³-hybridized carbons (Fsp3) is 0.500. The highest BCUT2D eigenvalue weighted by Gasteiger charge is 2.43. The number of halogens is 3. The maximum absolute atomic E-state index is 14.3. The van der Waals surface area contributed by atoms with Crippen LogP contribution in [0.5, 0.6) is 0 Å². The first-order chi connectivity index (χ1) is 8.47. The molecule has 0 spiro atoms. The molecule has 1 N–H and O–H groups in total. The predicted octanol–water partition coefficient (Wildman–Crippen LogP) is 4.66. The van der Waals surface area contributed by atoms with Gasteiger partial charge in [-0.1, -0.05) is 15.9 Å². The van der Waals surface area contributed by atoms with Crippen molar-refractivity contribution in [1.82, 2.24) is 0 Å². The van der Waals surface area contributed by atoms with Gasteiger partial charge in [-0.25, -0.2) is 8.78 Å². The molecule has 0 heterocycles. The highest BCUT2D eigenvalue weighted by molar-refractivity contribution is 9.10. The molecule has 0 bridgehead atoms. The Bertz CT molecular complexity index is 510. The van der Waals surface area contributed by atoms with Crippen LogP contribution in [0.3, 0.4) is 0 Å². The summed E-state index contributed by atoms with van der Waals surface area (Å²) in [7, 11) is 0. The van der Waals surface area contributed by atoms with Crippen molar-refractivity contribution in [2.45, 2.75) is 40.0 Å². The summed E-state index contributed by atoms with van der Waals surface area (Å²) in [5.41, 5.74) is -0.434. The zero-order chi connectivity index (χ0) is 15.0. The normalized spacial score (nSPS) is 12.6. The van der Waals surface area contributed by atoms with E-state index in [1.54, 1.807) is 19.9 Å². The van der Waals surface area contributed by atoms with Crippen LogP contribution in [0, 0.1) is 19.3 Å². The summed E-state index contributed by atoms with van der Waals surface area (Å²) < 4.78 is 29.4. The number of aryl methyl sites for hydroxylation is 2. The number of aliphatic carboxylic acids is 1. The lowest BCUT2D eigenvalue weighted by Crippen LogP contribution is -2.31. The lowest BCUT2D eigenvalue weighted by Gasteiger charge is -2.27. The zero-order valence-corrected chi connectivity index (χ0v) is 12.9. The van der Waals surface area contributed by atoms with E-state index in [1.165, 1.54) is 19.9 Å². The van der Waals surface area contributed by atoms with Crippen LogP contribution >= 0.6 is 15.9 Å². The van der Waals surface area contributed by atoms with Gasteiger partial charge in [-0.2, -0.15) is 0 Å². The second-order valence-corrected chi connectivity index (χ2v) is 6.34. The average molecular weight is 335 g/mol. The Morgan fingerprint density at radius 2 is 1.79 bits per heavy atom. The second kappa shape index (κ2) is 5.19. The van der Waals surface area contributed by atoms with Gasteiger partial charge in [-0.05, 0) is 51.0 Å². The van der Waals surface area contributed by atoms with Gasteiger partial charge in [0.15, 0.2) is 0 Å². The molecular weight excluding hydrogens is 318 g/mol. The fourth-order valence-electron chi connectivity index (χ4n) is 1.90. The first kappa shape index (κ1) is 16.1. The lowest BCUT2D eigenvalue weighted by atomic mass is 9.83. The Labute approximate surface area is 120 Å². The topological polar surface area (TPSA) is 37.3 Å². The zero-order valence-electron chi connectivity index (χ0n) is 11.4. The molecule has 0 aliphatic carbocycles. The summed E-state index contributed by atoms with van der Waals surface area (Å²) in [6, 6.07) is 3.05. The number of carbonyl (C=O) groups is 1. The summed E-state index contributed by atoms with van der Waals surface area (Å²) in [4.78, 5) is 11.0. The third-order valence-electron chi connectivity index (χ3n) is 3.14. The third kappa shape index (κ3) is 3.53. The maximum atomic E-state index is 14.3. The van der Waals surface area contributed by atoms with Crippen LogP contribution in [-0.4, -0.2) is 11.1 Å². The molecule has 0 aromatic heterocycles. The van der Waals surface area contributed by atoms with E-state index in [9.17, 15) is 13.6 Å². The van der Waals surface area contributed by atoms with Crippen molar-refractivity contribution in [2.24, 2.45) is 5.41 Å². The first-order valence-corrected chi connectivity index (χ1v) is 6.65. The van der Waals surface area contributed by atoms with Gasteiger partial charge in [-0.3, -0.25) is 4.79 Å². The van der Waals surface area contributed by atoms with Crippen LogP contribution < -0.4 is 0 Å². The largest absolute Gasteiger partial charge is 0.481 e. The Morgan fingerprint density at radius 3 is 2.26 bits per heavy atom. The molecule has 19 heavy (non-hydrogen) atoms. The van der Waals surface area contributed by atoms with Crippen molar-refractivity contribution in [3.8, 4) is 0 Å². The van der Waals surface area contributed by atoms with Gasteiger partial charge in [0, 0.05) is 16.5 Å². The minimum atomic E-state index is -3.17. The summed E-state index contributed by atoms with van der Waals surface area (Å²) >= 11 is 3.29. The smallest absolute Gasteiger partial charge is 0.309 e. The Hall–Kier alpha value is -0.970. The molecule has 0 atom stereocenters. The molecule has 1 rings (SSSR count). The second-order valence-electron chi connectivity index (χ2n) is 5.49. The summed E-state index contributed by atoms with van der Waals surface area (Å²) in [6.45, 7) is 5.95. The number of alkyl halides is 2. The van der Waals surface area contributed by atoms with Crippen LogP contribution in [0.15, 0.2) is 16.6 Å². The lowest BCUT2D eigenvalue weighted by molar-refractivity contribution is -0.153. The number of hydrogen-bond acceptors (Lipinski definition) is 1. The molecule has 2 nitrogen and oxygen atoms in total. The molecule has 0 saturated carbocycles. The fourth-order valence-corrected chi connectivity index (χ4v) is 2.36. The summed E-state index contributed by atoms with van der Waals surface area (Å²) in [5.74, 6) is -4.39. The molecule has 1 aromatic rings. The third-order valence-corrected chi connectivity index (χ3v) is 4.00. The average Bonchev–Trinajstić information content (AvgIpc) is 2.21. The monoisotopic (exact) mass is 334 g/mol. The summed E-state index contributed by atoms with van der Waals surface area (Å²) in [6.07, 6.45) is -0.725. The summed E-state index contributed by atoms with van der Waals surface area (Å²) in [5, 5.41) is 8.98. The van der Waals surface area contributed by atoms with Gasteiger partial charge in [0.2, 0.25) is 0 Å². The molecule has 0 radical (unpaired) electrons. The number of rotatable bonds is 4. The quantitative estimate of drug-likeness (QED) is 0.869. The number of carboxylic acids is 1. The molecule has 0 fully saturated rings. The van der Waals surface area contributed by atoms with Crippen molar-refractivity contribution < 1.29 is 18.7 Å². The number of hydrogen-bond donors (Lipinski definition) is 1. The van der Waals surface area contributed by atoms with Crippen LogP contribution in [0.25, 0.3) is 0 Å². The molecule has 5 heteroatoms. The van der Waals surface area contributed by atoms with Gasteiger partial charge in [0.1, 0.15) is 0 Å². The minimum Gasteiger partial charge on any atom is -0.481 e. The molecule has 0 amide bonds. The van der Waals surface area contributed by atoms with Crippen molar-refractivity contribution in [3.05, 3.63) is 33.3 Å². The molecule has 0 unspecified atom stereocenters. The van der Waals surface area contributed by atoms with E-state index in [4.69, 9.17) is 5.11 Å². The Morgan fingerprint density at radius 1 is 1.26 bits per heavy atom. The molecule has 0 saturated heterocycles. The van der Waals surface area contributed by atoms with E-state index in [2.05, 4.69) is 15.9 Å². The number of benzene rings is 1. The van der Waals surface area contributed by atoms with Crippen LogP contribution in [0.2, 0.25) is 0 Å². The Kier molecular flexibility index (Phi) is 4.40. The van der Waals surface area contributed by atoms with Gasteiger partial charge >= 0.3 is 5.97 Å². The van der Waals surface area contributed by atoms with E-state index in [0.29, 0.717) is 11.1 Å². The van der Waals surface area contributed by atoms with E-state index >= 15 is 0 Å². The van der Waals surface area contributed by atoms with E-state index in [1.807, 2.05) is 0 Å². The van der Waals surface area contributed by atoms with Crippen molar-refractivity contribution in [2.75, 3.05) is 0 Å². The predicted molar refractivity (Wildman–Crippen MR) is 73.5 cm³/mol.